The lowest BCUT2D eigenvalue weighted by Crippen LogP contribution is -2.70. The van der Waals surface area contributed by atoms with E-state index < -0.39 is 121 Å². The quantitative estimate of drug-likeness (QED) is 0.0690. The van der Waals surface area contributed by atoms with Crippen LogP contribution >= 0.6 is 0 Å². The van der Waals surface area contributed by atoms with Crippen molar-refractivity contribution in [3.8, 4) is 0 Å². The van der Waals surface area contributed by atoms with E-state index >= 15 is 0 Å². The predicted octanol–water partition coefficient (Wildman–Crippen LogP) is -0.320. The van der Waals surface area contributed by atoms with Crippen molar-refractivity contribution in [3.63, 3.8) is 0 Å². The van der Waals surface area contributed by atoms with Crippen molar-refractivity contribution in [2.24, 2.45) is 32.9 Å². The number of hydrogen-bond donors (Lipinski definition) is 7. The molecule has 0 fully saturated rings. The summed E-state index contributed by atoms with van der Waals surface area (Å²) >= 11 is 0. The lowest BCUT2D eigenvalue weighted by Gasteiger charge is -2.45. The Bertz CT molecular complexity index is 1380. The summed E-state index contributed by atoms with van der Waals surface area (Å²) in [6.45, 7) is -0.556. The highest BCUT2D eigenvalue weighted by Gasteiger charge is 2.63. The van der Waals surface area contributed by atoms with Gasteiger partial charge in [-0.25, -0.2) is 23.0 Å². The molecule has 13 nitrogen and oxygen atoms in total. The van der Waals surface area contributed by atoms with Crippen molar-refractivity contribution < 1.29 is 50.9 Å². The number of carbonyl (C=O) groups is 3. The van der Waals surface area contributed by atoms with E-state index in [-0.39, 0.29) is 11.6 Å². The van der Waals surface area contributed by atoms with E-state index in [2.05, 4.69) is 9.98 Å². The number of benzene rings is 1. The molecule has 1 aromatic rings. The molecule has 5 atom stereocenters. The number of carbonyl (C=O) groups excluding carboxylic acids is 1. The smallest absolute Gasteiger partial charge is 0.433 e. The maximum Gasteiger partial charge on any atom is 0.433 e. The summed E-state index contributed by atoms with van der Waals surface area (Å²) in [6.07, 6.45) is -6.75. The zero-order chi connectivity index (χ0) is 32.4. The fourth-order valence-electron chi connectivity index (χ4n) is 4.97. The molecule has 2 aliphatic heterocycles. The van der Waals surface area contributed by atoms with Gasteiger partial charge in [-0.2, -0.15) is 13.2 Å². The van der Waals surface area contributed by atoms with Gasteiger partial charge in [0.05, 0.1) is 12.2 Å². The highest BCUT2D eigenvalue weighted by molar-refractivity contribution is 5.94. The molecule has 0 amide bonds. The van der Waals surface area contributed by atoms with Crippen molar-refractivity contribution in [3.05, 3.63) is 46.5 Å². The molecule has 43 heavy (non-hydrogen) atoms. The first-order valence-corrected chi connectivity index (χ1v) is 12.5. The minimum Gasteiger partial charge on any atom is -0.480 e. The zero-order valence-corrected chi connectivity index (χ0v) is 22.1. The Morgan fingerprint density at radius 2 is 1.72 bits per heavy atom. The van der Waals surface area contributed by atoms with Crippen LogP contribution in [0.4, 0.5) is 26.3 Å². The number of nitrogens with two attached hydrogens (primary N) is 4. The number of rotatable bonds is 12. The molecule has 0 aromatic heterocycles. The average molecular weight is 623 g/mol. The summed E-state index contributed by atoms with van der Waals surface area (Å²) in [5.41, 5.74) is 16.7. The summed E-state index contributed by atoms with van der Waals surface area (Å²) in [5.74, 6) is -9.16. The first-order valence-electron chi connectivity index (χ1n) is 12.5. The first-order chi connectivity index (χ1) is 19.9. The molecule has 2 heterocycles. The molecule has 236 valence electrons. The highest BCUT2D eigenvalue weighted by Crippen LogP contribution is 2.43. The van der Waals surface area contributed by atoms with Gasteiger partial charge in [0.15, 0.2) is 23.4 Å². The molecule has 0 radical (unpaired) electrons. The van der Waals surface area contributed by atoms with Crippen molar-refractivity contribution in [1.29, 1.82) is 0 Å². The Kier molecular flexibility index (Phi) is 9.59. The monoisotopic (exact) mass is 622 g/mol. The molecule has 3 unspecified atom stereocenters. The van der Waals surface area contributed by atoms with Crippen LogP contribution in [0.2, 0.25) is 0 Å². The summed E-state index contributed by atoms with van der Waals surface area (Å²) < 4.78 is 83.6. The lowest BCUT2D eigenvalue weighted by atomic mass is 9.89. The van der Waals surface area contributed by atoms with E-state index in [4.69, 9.17) is 28.0 Å². The van der Waals surface area contributed by atoms with Crippen LogP contribution < -0.4 is 28.3 Å². The van der Waals surface area contributed by atoms with Crippen LogP contribution in [0, 0.1) is 17.5 Å². The van der Waals surface area contributed by atoms with Crippen LogP contribution in [0.1, 0.15) is 24.8 Å². The van der Waals surface area contributed by atoms with Gasteiger partial charge in [-0.05, 0) is 30.9 Å². The summed E-state index contributed by atoms with van der Waals surface area (Å²) in [7, 11) is 0. The molecule has 0 spiro atoms. The van der Waals surface area contributed by atoms with Crippen molar-refractivity contribution in [2.75, 3.05) is 6.54 Å². The van der Waals surface area contributed by atoms with Gasteiger partial charge in [0, 0.05) is 24.7 Å². The minimum atomic E-state index is -5.21. The molecule has 0 saturated carbocycles. The van der Waals surface area contributed by atoms with Gasteiger partial charge in [-0.1, -0.05) is 0 Å². The number of carboxylic acids is 2. The lowest BCUT2D eigenvalue weighted by molar-refractivity contribution is -0.156. The second-order valence-corrected chi connectivity index (χ2v) is 9.92. The Morgan fingerprint density at radius 3 is 2.28 bits per heavy atom. The van der Waals surface area contributed by atoms with Gasteiger partial charge in [0.2, 0.25) is 5.66 Å². The molecule has 11 N–H and O–H groups in total. The molecule has 19 heteroatoms. The van der Waals surface area contributed by atoms with Crippen LogP contribution in [0.5, 0.6) is 0 Å². The number of aliphatic carboxylic acids is 2. The van der Waals surface area contributed by atoms with Gasteiger partial charge in [0.1, 0.15) is 29.6 Å². The number of guanidine groups is 1. The zero-order valence-electron chi connectivity index (χ0n) is 22.1. The maximum absolute atomic E-state index is 14.2. The predicted molar refractivity (Wildman–Crippen MR) is 138 cm³/mol. The number of aliphatic imine (C=N–C) groups is 2. The Morgan fingerprint density at radius 1 is 1.09 bits per heavy atom. The Balaban J connectivity index is 2.06. The second kappa shape index (κ2) is 12.5. The number of alkyl halides is 3. The van der Waals surface area contributed by atoms with Crippen molar-refractivity contribution in [1.82, 2.24) is 10.2 Å². The van der Waals surface area contributed by atoms with Crippen molar-refractivity contribution in [2.45, 2.75) is 61.7 Å². The highest BCUT2D eigenvalue weighted by atomic mass is 19.4. The number of halogens is 6. The van der Waals surface area contributed by atoms with Crippen LogP contribution in [-0.4, -0.2) is 87.6 Å². The number of hydrogen-bond acceptors (Lipinski definition) is 9. The maximum atomic E-state index is 14.2. The second-order valence-electron chi connectivity index (χ2n) is 9.92. The van der Waals surface area contributed by atoms with Gasteiger partial charge >= 0.3 is 18.1 Å². The fraction of sp³-hybridized carbons (Fsp3) is 0.458. The molecular weight excluding hydrogens is 594 g/mol. The van der Waals surface area contributed by atoms with E-state index in [1.807, 2.05) is 5.32 Å². The van der Waals surface area contributed by atoms with Gasteiger partial charge < -0.3 is 43.4 Å². The topological polar surface area (TPSA) is 236 Å². The Hall–Kier alpha value is -4.39. The molecule has 0 bridgehead atoms. The number of allylic oxidation sites excluding steroid dienone is 2. The minimum absolute atomic E-state index is 0.280. The first kappa shape index (κ1) is 33.1. The van der Waals surface area contributed by atoms with E-state index in [0.29, 0.717) is 17.2 Å². The van der Waals surface area contributed by atoms with E-state index in [9.17, 15) is 45.8 Å². The molecule has 0 aliphatic carbocycles. The molecule has 3 rings (SSSR count). The third-order valence-corrected chi connectivity index (χ3v) is 6.89. The van der Waals surface area contributed by atoms with Gasteiger partial charge in [0.25, 0.3) is 0 Å². The fourth-order valence-corrected chi connectivity index (χ4v) is 4.97. The number of Topliss-reactive ketones (excluding diaryl/α,β-unsaturated/α-hetero) is 1. The van der Waals surface area contributed by atoms with Crippen LogP contribution in [0.25, 0.3) is 0 Å². The van der Waals surface area contributed by atoms with E-state index in [0.717, 1.165) is 0 Å². The number of nitrogens with zero attached hydrogens (tertiary/aromatic N) is 3. The summed E-state index contributed by atoms with van der Waals surface area (Å²) in [4.78, 5) is 45.8. The number of carboxylic acid groups (broad SMARTS) is 2. The SMILES string of the molecule is NC(N)=N[C@H](CC[C@H](N)C(=O)O)C1(C(=O)O)NC(C(F)(F)F)=C2C=NCC(C(=O)CC(N)Cc3cc(F)c(F)cc3F)N21. The Labute approximate surface area is 239 Å². The number of nitrogens with one attached hydrogen (secondary N) is 1. The van der Waals surface area contributed by atoms with Gasteiger partial charge in [-0.15, -0.1) is 0 Å². The van der Waals surface area contributed by atoms with Crippen LogP contribution in [0.15, 0.2) is 33.5 Å². The molecule has 2 aliphatic rings. The largest absolute Gasteiger partial charge is 0.480 e. The third kappa shape index (κ3) is 6.82. The standard InChI is InChI=1S/C24H28F6N8O5/c25-11-6-13(27)12(26)4-9(11)3-10(31)5-17(39)15-7-35-8-16-19(24(28,29)30)37-23(21(42)43,38(15)16)18(36-22(33)34)2-1-14(32)20(40)41/h4,6,8,10,14-15,18,37H,1-3,5,7,31-32H2,(H,40,41)(H,42,43)(H4,33,34,36)/t10?,14-,15?,18+,23?/m0/s1. The number of fused-ring (bicyclic) bond motifs is 1. The summed E-state index contributed by atoms with van der Waals surface area (Å²) in [6, 6.07) is -5.60. The van der Waals surface area contributed by atoms with Crippen LogP contribution in [-0.2, 0) is 20.8 Å². The molecular formula is C24H28F6N8O5. The normalized spacial score (nSPS) is 22.0. The summed E-state index contributed by atoms with van der Waals surface area (Å²) in [5, 5.41) is 21.5. The molecule has 1 aromatic carbocycles. The number of ketones is 1. The van der Waals surface area contributed by atoms with E-state index in [1.165, 1.54) is 0 Å². The average Bonchev–Trinajstić information content (AvgIpc) is 3.26. The van der Waals surface area contributed by atoms with Crippen molar-refractivity contribution >= 4 is 29.9 Å². The van der Waals surface area contributed by atoms with Crippen LogP contribution in [0.3, 0.4) is 0 Å². The van der Waals surface area contributed by atoms with Gasteiger partial charge in [-0.3, -0.25) is 14.6 Å². The third-order valence-electron chi connectivity index (χ3n) is 6.89. The molecule has 0 saturated heterocycles. The van der Waals surface area contributed by atoms with E-state index in [1.54, 1.807) is 0 Å².